The number of halogens is 3. The summed E-state index contributed by atoms with van der Waals surface area (Å²) in [5.41, 5.74) is 4.40. The first-order valence-electron chi connectivity index (χ1n) is 7.14. The molecule has 0 atom stereocenters. The molecule has 0 amide bonds. The van der Waals surface area contributed by atoms with Gasteiger partial charge in [-0.3, -0.25) is 0 Å². The third-order valence-electron chi connectivity index (χ3n) is 3.53. The van der Waals surface area contributed by atoms with Crippen molar-refractivity contribution >= 4 is 28.4 Å². The fourth-order valence-electron chi connectivity index (χ4n) is 2.40. The fourth-order valence-corrected chi connectivity index (χ4v) is 3.25. The molecule has 0 saturated carbocycles. The summed E-state index contributed by atoms with van der Waals surface area (Å²) in [5.74, 6) is -0.0884. The largest absolute Gasteiger partial charge is 0.434 e. The predicted molar refractivity (Wildman–Crippen MR) is 89.7 cm³/mol. The number of rotatable bonds is 3. The molecule has 0 unspecified atom stereocenters. The summed E-state index contributed by atoms with van der Waals surface area (Å²) in [6.45, 7) is 0. The third-order valence-corrected chi connectivity index (χ3v) is 4.43. The fraction of sp³-hybridized carbons (Fsp3) is 0.118. The molecule has 3 rings (SSSR count). The smallest absolute Gasteiger partial charge is 0.382 e. The molecule has 0 aliphatic heterocycles. The van der Waals surface area contributed by atoms with E-state index in [1.165, 1.54) is 6.07 Å². The van der Waals surface area contributed by atoms with E-state index in [-0.39, 0.29) is 5.16 Å². The first kappa shape index (κ1) is 17.0. The van der Waals surface area contributed by atoms with Crippen LogP contribution in [0.1, 0.15) is 16.8 Å². The van der Waals surface area contributed by atoms with E-state index in [1.54, 1.807) is 0 Å². The molecule has 3 aromatic rings. The number of anilines is 1. The first-order chi connectivity index (χ1) is 11.9. The molecule has 0 radical (unpaired) electrons. The lowest BCUT2D eigenvalue weighted by Gasteiger charge is -2.11. The van der Waals surface area contributed by atoms with Crippen LogP contribution < -0.4 is 5.73 Å². The summed E-state index contributed by atoms with van der Waals surface area (Å²) < 4.78 is 39.2. The molecule has 8 heteroatoms. The Bertz CT molecular complexity index is 975. The van der Waals surface area contributed by atoms with Crippen LogP contribution in [0, 0.1) is 11.3 Å². The van der Waals surface area contributed by atoms with E-state index in [9.17, 15) is 13.2 Å². The minimum absolute atomic E-state index is 0.114. The molecule has 0 aliphatic rings. The Morgan fingerprint density at radius 1 is 1.08 bits per heavy atom. The van der Waals surface area contributed by atoms with E-state index in [1.807, 2.05) is 42.5 Å². The van der Waals surface area contributed by atoms with Crippen LogP contribution in [0.5, 0.6) is 0 Å². The van der Waals surface area contributed by atoms with Gasteiger partial charge in [-0.25, -0.2) is 9.97 Å². The van der Waals surface area contributed by atoms with Gasteiger partial charge >= 0.3 is 6.18 Å². The van der Waals surface area contributed by atoms with Gasteiger partial charge in [0.1, 0.15) is 17.5 Å². The summed E-state index contributed by atoms with van der Waals surface area (Å²) in [6, 6.07) is 14.9. The van der Waals surface area contributed by atoms with Crippen molar-refractivity contribution < 1.29 is 13.2 Å². The Hall–Kier alpha value is -2.79. The summed E-state index contributed by atoms with van der Waals surface area (Å²) in [7, 11) is 0. The van der Waals surface area contributed by atoms with Crippen molar-refractivity contribution in [3.63, 3.8) is 0 Å². The van der Waals surface area contributed by atoms with Crippen LogP contribution in [0.15, 0.2) is 47.6 Å². The Morgan fingerprint density at radius 2 is 1.80 bits per heavy atom. The maximum atomic E-state index is 13.1. The van der Waals surface area contributed by atoms with Gasteiger partial charge < -0.3 is 5.73 Å². The standard InChI is InChI=1S/C17H11F3N4S/c18-17(19,20)14-13(8-21)15(22)24-16(23-14)25-9-11-6-3-5-10-4-1-2-7-12(10)11/h1-7H,9H2,(H2,22,23,24). The lowest BCUT2D eigenvalue weighted by molar-refractivity contribution is -0.141. The number of hydrogen-bond acceptors (Lipinski definition) is 5. The minimum atomic E-state index is -4.77. The molecule has 1 heterocycles. The molecule has 0 fully saturated rings. The Kier molecular flexibility index (Phi) is 4.51. The van der Waals surface area contributed by atoms with Crippen LogP contribution in [0.3, 0.4) is 0 Å². The van der Waals surface area contributed by atoms with E-state index in [0.29, 0.717) is 5.75 Å². The molecule has 0 spiro atoms. The number of benzene rings is 2. The Balaban J connectivity index is 1.94. The molecule has 126 valence electrons. The number of aromatic nitrogens is 2. The van der Waals surface area contributed by atoms with Crippen LogP contribution in [-0.4, -0.2) is 9.97 Å². The van der Waals surface area contributed by atoms with E-state index >= 15 is 0 Å². The van der Waals surface area contributed by atoms with Crippen molar-refractivity contribution in [1.29, 1.82) is 5.26 Å². The normalized spacial score (nSPS) is 11.4. The summed E-state index contributed by atoms with van der Waals surface area (Å²) in [5, 5.41) is 10.8. The molecular weight excluding hydrogens is 349 g/mol. The van der Waals surface area contributed by atoms with Gasteiger partial charge in [-0.05, 0) is 16.3 Å². The first-order valence-corrected chi connectivity index (χ1v) is 8.13. The summed E-state index contributed by atoms with van der Waals surface area (Å²) in [4.78, 5) is 7.32. The maximum Gasteiger partial charge on any atom is 0.434 e. The molecule has 0 saturated heterocycles. The Labute approximate surface area is 145 Å². The van der Waals surface area contributed by atoms with E-state index in [2.05, 4.69) is 9.97 Å². The van der Waals surface area contributed by atoms with E-state index < -0.39 is 23.3 Å². The molecular formula is C17H11F3N4S. The average molecular weight is 360 g/mol. The van der Waals surface area contributed by atoms with Gasteiger partial charge in [0.05, 0.1) is 0 Å². The van der Waals surface area contributed by atoms with Crippen LogP contribution in [-0.2, 0) is 11.9 Å². The highest BCUT2D eigenvalue weighted by molar-refractivity contribution is 7.98. The molecule has 0 aliphatic carbocycles. The minimum Gasteiger partial charge on any atom is -0.382 e. The highest BCUT2D eigenvalue weighted by Crippen LogP contribution is 2.34. The molecule has 25 heavy (non-hydrogen) atoms. The van der Waals surface area contributed by atoms with Gasteiger partial charge in [0.25, 0.3) is 0 Å². The number of nitrogen functional groups attached to an aromatic ring is 1. The van der Waals surface area contributed by atoms with Crippen molar-refractivity contribution in [2.45, 2.75) is 17.1 Å². The van der Waals surface area contributed by atoms with Crippen molar-refractivity contribution in [1.82, 2.24) is 9.97 Å². The highest BCUT2D eigenvalue weighted by atomic mass is 32.2. The summed E-state index contributed by atoms with van der Waals surface area (Å²) in [6.07, 6.45) is -4.77. The lowest BCUT2D eigenvalue weighted by atomic mass is 10.1. The van der Waals surface area contributed by atoms with Crippen LogP contribution in [0.2, 0.25) is 0 Å². The van der Waals surface area contributed by atoms with Crippen LogP contribution in [0.4, 0.5) is 19.0 Å². The number of nitrogens with two attached hydrogens (primary N) is 1. The SMILES string of the molecule is N#Cc1c(N)nc(SCc2cccc3ccccc23)nc1C(F)(F)F. The zero-order valence-electron chi connectivity index (χ0n) is 12.7. The van der Waals surface area contributed by atoms with Crippen molar-refractivity contribution in [3.8, 4) is 6.07 Å². The molecule has 0 bridgehead atoms. The van der Waals surface area contributed by atoms with Crippen LogP contribution in [0.25, 0.3) is 10.8 Å². The zero-order chi connectivity index (χ0) is 18.0. The van der Waals surface area contributed by atoms with E-state index in [4.69, 9.17) is 11.0 Å². The number of hydrogen-bond donors (Lipinski definition) is 1. The lowest BCUT2D eigenvalue weighted by Crippen LogP contribution is -2.14. The molecule has 2 aromatic carbocycles. The van der Waals surface area contributed by atoms with Gasteiger partial charge in [0.15, 0.2) is 10.9 Å². The second kappa shape index (κ2) is 6.61. The topological polar surface area (TPSA) is 75.6 Å². The monoisotopic (exact) mass is 360 g/mol. The van der Waals surface area contributed by atoms with Crippen molar-refractivity contribution in [3.05, 3.63) is 59.3 Å². The predicted octanol–water partition coefficient (Wildman–Crippen LogP) is 4.39. The highest BCUT2D eigenvalue weighted by Gasteiger charge is 2.37. The number of fused-ring (bicyclic) bond motifs is 1. The number of nitriles is 1. The average Bonchev–Trinajstić information content (AvgIpc) is 2.58. The van der Waals surface area contributed by atoms with Gasteiger partial charge in [-0.1, -0.05) is 54.2 Å². The second-order valence-corrected chi connectivity index (χ2v) is 6.09. The van der Waals surface area contributed by atoms with Gasteiger partial charge in [0, 0.05) is 5.75 Å². The zero-order valence-corrected chi connectivity index (χ0v) is 13.5. The Morgan fingerprint density at radius 3 is 2.52 bits per heavy atom. The van der Waals surface area contributed by atoms with Crippen molar-refractivity contribution in [2.24, 2.45) is 0 Å². The number of nitrogens with zero attached hydrogens (tertiary/aromatic N) is 3. The maximum absolute atomic E-state index is 13.1. The van der Waals surface area contributed by atoms with E-state index in [0.717, 1.165) is 28.1 Å². The van der Waals surface area contributed by atoms with Gasteiger partial charge in [0.2, 0.25) is 0 Å². The quantitative estimate of drug-likeness (QED) is 0.554. The number of alkyl halides is 3. The third kappa shape index (κ3) is 3.51. The van der Waals surface area contributed by atoms with Crippen LogP contribution >= 0.6 is 11.8 Å². The second-order valence-electron chi connectivity index (χ2n) is 5.15. The van der Waals surface area contributed by atoms with Gasteiger partial charge in [-0.2, -0.15) is 18.4 Å². The summed E-state index contributed by atoms with van der Waals surface area (Å²) >= 11 is 1.04. The number of thioether (sulfide) groups is 1. The van der Waals surface area contributed by atoms with Crippen molar-refractivity contribution in [2.75, 3.05) is 5.73 Å². The molecule has 2 N–H and O–H groups in total. The van der Waals surface area contributed by atoms with Gasteiger partial charge in [-0.15, -0.1) is 0 Å². The molecule has 1 aromatic heterocycles. The molecule has 4 nitrogen and oxygen atoms in total.